The molecule has 0 saturated carbocycles. The fraction of sp³-hybridized carbons (Fsp3) is 0.286. The van der Waals surface area contributed by atoms with E-state index >= 15 is 0 Å². The van der Waals surface area contributed by atoms with E-state index in [1.165, 1.54) is 7.05 Å². The first-order valence-corrected chi connectivity index (χ1v) is 7.48. The van der Waals surface area contributed by atoms with Crippen molar-refractivity contribution in [2.75, 3.05) is 7.05 Å². The summed E-state index contributed by atoms with van der Waals surface area (Å²) in [7, 11) is 1.37. The predicted molar refractivity (Wildman–Crippen MR) is 80.5 cm³/mol. The molecule has 1 unspecified atom stereocenters. The minimum absolute atomic E-state index is 0.150. The maximum Gasteiger partial charge on any atom is 0.263 e. The first-order valence-electron chi connectivity index (χ1n) is 6.40. The lowest BCUT2D eigenvalue weighted by molar-refractivity contribution is -0.149. The molecule has 2 heterocycles. The van der Waals surface area contributed by atoms with Gasteiger partial charge in [0, 0.05) is 17.0 Å². The summed E-state index contributed by atoms with van der Waals surface area (Å²) in [6.45, 7) is 0. The molecule has 0 aromatic heterocycles. The lowest BCUT2D eigenvalue weighted by Crippen LogP contribution is -2.54. The second-order valence-electron chi connectivity index (χ2n) is 4.99. The minimum Gasteiger partial charge on any atom is -0.284 e. The van der Waals surface area contributed by atoms with Gasteiger partial charge in [-0.2, -0.15) is 0 Å². The number of halogens is 1. The van der Waals surface area contributed by atoms with E-state index in [1.54, 1.807) is 18.2 Å². The molecule has 1 atom stereocenters. The SMILES string of the molecule is CN1C(=O)CCC(N2C(=O)c3cccc(I)c3C2=O)C1=O. The molecule has 0 radical (unpaired) electrons. The Morgan fingerprint density at radius 1 is 1.14 bits per heavy atom. The van der Waals surface area contributed by atoms with Crippen molar-refractivity contribution in [2.24, 2.45) is 0 Å². The van der Waals surface area contributed by atoms with E-state index in [2.05, 4.69) is 0 Å². The summed E-state index contributed by atoms with van der Waals surface area (Å²) in [5.41, 5.74) is 0.662. The molecule has 6 nitrogen and oxygen atoms in total. The lowest BCUT2D eigenvalue weighted by atomic mass is 10.0. The molecule has 108 valence electrons. The second kappa shape index (κ2) is 4.90. The highest BCUT2D eigenvalue weighted by Gasteiger charge is 2.46. The van der Waals surface area contributed by atoms with Gasteiger partial charge in [-0.25, -0.2) is 0 Å². The van der Waals surface area contributed by atoms with E-state index in [4.69, 9.17) is 0 Å². The molecule has 1 aromatic carbocycles. The van der Waals surface area contributed by atoms with Gasteiger partial charge in [0.2, 0.25) is 5.91 Å². The standard InChI is InChI=1S/C14H11IN2O4/c1-16-10(18)6-5-9(13(16)20)17-12(19)7-3-2-4-8(15)11(7)14(17)21/h2-4,9H,5-6H2,1H3. The molecule has 0 aliphatic carbocycles. The third-order valence-corrected chi connectivity index (χ3v) is 4.73. The summed E-state index contributed by atoms with van der Waals surface area (Å²) in [6.07, 6.45) is 0.335. The van der Waals surface area contributed by atoms with Crippen molar-refractivity contribution in [3.63, 3.8) is 0 Å². The number of amides is 4. The number of nitrogens with zero attached hydrogens (tertiary/aromatic N) is 2. The molecule has 0 spiro atoms. The Hall–Kier alpha value is -1.77. The molecule has 7 heteroatoms. The lowest BCUT2D eigenvalue weighted by Gasteiger charge is -2.32. The number of likely N-dealkylation sites (N-methyl/N-ethyl adjacent to an activating group) is 1. The third kappa shape index (κ3) is 1.98. The van der Waals surface area contributed by atoms with Crippen molar-refractivity contribution >= 4 is 46.2 Å². The van der Waals surface area contributed by atoms with Crippen LogP contribution in [0.1, 0.15) is 33.6 Å². The number of carbonyl (C=O) groups is 4. The first-order chi connectivity index (χ1) is 9.93. The van der Waals surface area contributed by atoms with Crippen LogP contribution in [-0.2, 0) is 9.59 Å². The van der Waals surface area contributed by atoms with Gasteiger partial charge in [0.25, 0.3) is 17.7 Å². The molecule has 4 amide bonds. The molecule has 21 heavy (non-hydrogen) atoms. The summed E-state index contributed by atoms with van der Waals surface area (Å²) in [5, 5.41) is 0. The van der Waals surface area contributed by atoms with Gasteiger partial charge in [0.05, 0.1) is 11.1 Å². The van der Waals surface area contributed by atoms with Crippen LogP contribution in [-0.4, -0.2) is 46.5 Å². The monoisotopic (exact) mass is 398 g/mol. The number of imide groups is 2. The van der Waals surface area contributed by atoms with Crippen LogP contribution >= 0.6 is 22.6 Å². The van der Waals surface area contributed by atoms with Crippen LogP contribution < -0.4 is 0 Å². The van der Waals surface area contributed by atoms with Crippen molar-refractivity contribution in [1.29, 1.82) is 0 Å². The van der Waals surface area contributed by atoms with Crippen molar-refractivity contribution < 1.29 is 19.2 Å². The summed E-state index contributed by atoms with van der Waals surface area (Å²) in [6, 6.07) is 4.14. The van der Waals surface area contributed by atoms with Crippen LogP contribution in [0.5, 0.6) is 0 Å². The molecule has 0 bridgehead atoms. The fourth-order valence-electron chi connectivity index (χ4n) is 2.68. The Bertz CT molecular complexity index is 700. The van der Waals surface area contributed by atoms with E-state index in [1.807, 2.05) is 22.6 Å². The Morgan fingerprint density at radius 2 is 1.86 bits per heavy atom. The third-order valence-electron chi connectivity index (χ3n) is 3.83. The maximum atomic E-state index is 12.5. The molecular formula is C14H11IN2O4. The van der Waals surface area contributed by atoms with Crippen molar-refractivity contribution in [3.05, 3.63) is 32.9 Å². The zero-order valence-electron chi connectivity index (χ0n) is 11.1. The number of piperidine rings is 1. The summed E-state index contributed by atoms with van der Waals surface area (Å²) < 4.78 is 0.679. The van der Waals surface area contributed by atoms with Crippen LogP contribution in [0.25, 0.3) is 0 Å². The van der Waals surface area contributed by atoms with E-state index < -0.39 is 23.8 Å². The van der Waals surface area contributed by atoms with Crippen LogP contribution in [0.4, 0.5) is 0 Å². The van der Waals surface area contributed by atoms with Gasteiger partial charge in [0.1, 0.15) is 6.04 Å². The molecule has 3 rings (SSSR count). The van der Waals surface area contributed by atoms with Crippen molar-refractivity contribution in [3.8, 4) is 0 Å². The zero-order chi connectivity index (χ0) is 15.3. The second-order valence-corrected chi connectivity index (χ2v) is 6.15. The molecule has 1 aromatic rings. The van der Waals surface area contributed by atoms with E-state index in [9.17, 15) is 19.2 Å². The normalized spacial score (nSPS) is 22.1. The number of carbonyl (C=O) groups excluding carboxylic acids is 4. The van der Waals surface area contributed by atoms with E-state index in [-0.39, 0.29) is 18.7 Å². The Balaban J connectivity index is 2.01. The zero-order valence-corrected chi connectivity index (χ0v) is 13.3. The number of likely N-dealkylation sites (tertiary alicyclic amines) is 1. The van der Waals surface area contributed by atoms with Gasteiger partial charge < -0.3 is 0 Å². The van der Waals surface area contributed by atoms with Gasteiger partial charge in [0.15, 0.2) is 0 Å². The van der Waals surface area contributed by atoms with Crippen LogP contribution in [0.3, 0.4) is 0 Å². The van der Waals surface area contributed by atoms with Crippen LogP contribution in [0.2, 0.25) is 0 Å². The number of fused-ring (bicyclic) bond motifs is 1. The molecular weight excluding hydrogens is 387 g/mol. The summed E-state index contributed by atoms with van der Waals surface area (Å²) >= 11 is 2.00. The highest BCUT2D eigenvalue weighted by Crippen LogP contribution is 2.31. The highest BCUT2D eigenvalue weighted by atomic mass is 127. The first kappa shape index (κ1) is 14.2. The average molecular weight is 398 g/mol. The number of benzene rings is 1. The molecule has 1 saturated heterocycles. The van der Waals surface area contributed by atoms with Gasteiger partial charge in [-0.05, 0) is 41.1 Å². The van der Waals surface area contributed by atoms with Gasteiger partial charge in [-0.1, -0.05) is 6.07 Å². The van der Waals surface area contributed by atoms with Gasteiger partial charge in [-0.3, -0.25) is 29.0 Å². The van der Waals surface area contributed by atoms with Crippen LogP contribution in [0.15, 0.2) is 18.2 Å². The van der Waals surface area contributed by atoms with Crippen molar-refractivity contribution in [1.82, 2.24) is 9.80 Å². The molecule has 0 N–H and O–H groups in total. The molecule has 2 aliphatic heterocycles. The van der Waals surface area contributed by atoms with E-state index in [0.717, 1.165) is 9.80 Å². The van der Waals surface area contributed by atoms with Gasteiger partial charge >= 0.3 is 0 Å². The quantitative estimate of drug-likeness (QED) is 0.524. The number of hydrogen-bond acceptors (Lipinski definition) is 4. The number of hydrogen-bond donors (Lipinski definition) is 0. The highest BCUT2D eigenvalue weighted by molar-refractivity contribution is 14.1. The average Bonchev–Trinajstić information content (AvgIpc) is 2.71. The Kier molecular flexibility index (Phi) is 3.31. The Labute approximate surface area is 134 Å². The molecule has 1 fully saturated rings. The van der Waals surface area contributed by atoms with Crippen LogP contribution in [0, 0.1) is 3.57 Å². The van der Waals surface area contributed by atoms with Gasteiger partial charge in [-0.15, -0.1) is 0 Å². The maximum absolute atomic E-state index is 12.5. The number of rotatable bonds is 1. The predicted octanol–water partition coefficient (Wildman–Crippen LogP) is 1.03. The topological polar surface area (TPSA) is 74.8 Å². The smallest absolute Gasteiger partial charge is 0.263 e. The van der Waals surface area contributed by atoms with Crippen molar-refractivity contribution in [2.45, 2.75) is 18.9 Å². The fourth-order valence-corrected chi connectivity index (χ4v) is 3.41. The minimum atomic E-state index is -0.893. The molecule has 2 aliphatic rings. The summed E-state index contributed by atoms with van der Waals surface area (Å²) in [5.74, 6) is -1.71. The largest absolute Gasteiger partial charge is 0.284 e. The van der Waals surface area contributed by atoms with E-state index in [0.29, 0.717) is 14.7 Å². The summed E-state index contributed by atoms with van der Waals surface area (Å²) in [4.78, 5) is 50.7. The Morgan fingerprint density at radius 3 is 2.52 bits per heavy atom.